The summed E-state index contributed by atoms with van der Waals surface area (Å²) in [5.41, 5.74) is 0.329. The van der Waals surface area contributed by atoms with E-state index in [0.29, 0.717) is 38.3 Å². The molecule has 0 unspecified atom stereocenters. The van der Waals surface area contributed by atoms with Crippen LogP contribution in [-0.2, 0) is 16.6 Å². The van der Waals surface area contributed by atoms with Crippen LogP contribution in [0.5, 0.6) is 0 Å². The molecule has 3 heterocycles. The lowest BCUT2D eigenvalue weighted by atomic mass is 9.86. The number of carbonyl (C=O) groups is 2. The highest BCUT2D eigenvalue weighted by Crippen LogP contribution is 2.28. The van der Waals surface area contributed by atoms with Gasteiger partial charge in [-0.15, -0.1) is 0 Å². The third-order valence-electron chi connectivity index (χ3n) is 5.56. The number of hydrogen-bond donors (Lipinski definition) is 1. The van der Waals surface area contributed by atoms with E-state index < -0.39 is 5.97 Å². The molecule has 2 aliphatic rings. The van der Waals surface area contributed by atoms with Crippen LogP contribution in [0.15, 0.2) is 23.1 Å². The van der Waals surface area contributed by atoms with E-state index >= 15 is 0 Å². The van der Waals surface area contributed by atoms with Crippen LogP contribution in [-0.4, -0.2) is 76.8 Å². The number of carbonyl (C=O) groups excluding carboxylic acids is 1. The van der Waals surface area contributed by atoms with E-state index in [2.05, 4.69) is 4.90 Å². The fourth-order valence-electron chi connectivity index (χ4n) is 4.09. The molecule has 0 saturated carbocycles. The van der Waals surface area contributed by atoms with Crippen molar-refractivity contribution < 1.29 is 19.4 Å². The van der Waals surface area contributed by atoms with Crippen LogP contribution >= 0.6 is 0 Å². The molecule has 0 aliphatic carbocycles. The number of aryl methyl sites for hydroxylation is 1. The largest absolute Gasteiger partial charge is 0.481 e. The molecule has 8 nitrogen and oxygen atoms in total. The summed E-state index contributed by atoms with van der Waals surface area (Å²) in [6.07, 6.45) is 3.04. The Hall–Kier alpha value is -2.19. The molecular weight excluding hydrogens is 350 g/mol. The van der Waals surface area contributed by atoms with E-state index in [1.54, 1.807) is 24.2 Å². The third kappa shape index (κ3) is 4.75. The van der Waals surface area contributed by atoms with Gasteiger partial charge in [0.1, 0.15) is 0 Å². The fraction of sp³-hybridized carbons (Fsp3) is 0.632. The van der Waals surface area contributed by atoms with E-state index in [1.807, 2.05) is 0 Å². The summed E-state index contributed by atoms with van der Waals surface area (Å²) in [5, 5.41) is 9.10. The Morgan fingerprint density at radius 2 is 1.96 bits per heavy atom. The lowest BCUT2D eigenvalue weighted by Crippen LogP contribution is -2.55. The van der Waals surface area contributed by atoms with E-state index in [-0.39, 0.29) is 29.8 Å². The molecule has 1 aromatic rings. The van der Waals surface area contributed by atoms with Crippen LogP contribution in [0, 0.1) is 5.92 Å². The molecule has 0 bridgehead atoms. The van der Waals surface area contributed by atoms with E-state index in [1.165, 1.54) is 10.6 Å². The number of carboxylic acids is 1. The van der Waals surface area contributed by atoms with Crippen LogP contribution in [0.2, 0.25) is 0 Å². The molecule has 1 aromatic heterocycles. The van der Waals surface area contributed by atoms with Crippen molar-refractivity contribution in [3.8, 4) is 0 Å². The predicted molar refractivity (Wildman–Crippen MR) is 98.7 cm³/mol. The number of rotatable bonds is 5. The first kappa shape index (κ1) is 19.6. The molecule has 0 spiro atoms. The quantitative estimate of drug-likeness (QED) is 0.799. The van der Waals surface area contributed by atoms with Crippen LogP contribution < -0.4 is 5.56 Å². The number of ether oxygens (including phenoxy) is 1. The zero-order valence-electron chi connectivity index (χ0n) is 15.7. The van der Waals surface area contributed by atoms with Crippen molar-refractivity contribution in [1.29, 1.82) is 0 Å². The lowest BCUT2D eigenvalue weighted by Gasteiger charge is -2.45. The molecular formula is C19H27N3O5. The van der Waals surface area contributed by atoms with Gasteiger partial charge in [0, 0.05) is 58.0 Å². The minimum Gasteiger partial charge on any atom is -0.481 e. The van der Waals surface area contributed by atoms with E-state index in [9.17, 15) is 14.4 Å². The number of hydrogen-bond acceptors (Lipinski definition) is 5. The number of carboxylic acid groups (broad SMARTS) is 1. The maximum atomic E-state index is 12.9. The average molecular weight is 377 g/mol. The second kappa shape index (κ2) is 8.67. The highest BCUT2D eigenvalue weighted by molar-refractivity contribution is 5.94. The van der Waals surface area contributed by atoms with Gasteiger partial charge in [-0.05, 0) is 24.8 Å². The van der Waals surface area contributed by atoms with Gasteiger partial charge in [0.05, 0.1) is 18.8 Å². The molecule has 27 heavy (non-hydrogen) atoms. The molecule has 2 aliphatic heterocycles. The molecule has 2 atom stereocenters. The molecule has 0 radical (unpaired) electrons. The number of pyridine rings is 1. The Bertz CT molecular complexity index is 741. The Morgan fingerprint density at radius 3 is 2.63 bits per heavy atom. The standard InChI is InChI=1S/C19H27N3O5/c1-20-12-15(2-4-17(20)23)19(26)22-7-6-16(21-8-10-27-11-9-21)14(13-22)3-5-18(24)25/h2,4,12,14,16H,3,5-11,13H2,1H3,(H,24,25)/t14-,16+/m1/s1. The topological polar surface area (TPSA) is 92.1 Å². The molecule has 2 fully saturated rings. The minimum atomic E-state index is -0.808. The van der Waals surface area contributed by atoms with E-state index in [4.69, 9.17) is 9.84 Å². The zero-order chi connectivity index (χ0) is 19.4. The van der Waals surface area contributed by atoms with Crippen LogP contribution in [0.25, 0.3) is 0 Å². The van der Waals surface area contributed by atoms with Gasteiger partial charge in [-0.25, -0.2) is 0 Å². The number of piperidine rings is 1. The number of morpholine rings is 1. The number of aromatic nitrogens is 1. The maximum absolute atomic E-state index is 12.9. The number of likely N-dealkylation sites (tertiary alicyclic amines) is 1. The predicted octanol–water partition coefficient (Wildman–Crippen LogP) is 0.413. The SMILES string of the molecule is Cn1cc(C(=O)N2CC[C@H](N3CCOCC3)[C@H](CCC(=O)O)C2)ccc1=O. The second-order valence-electron chi connectivity index (χ2n) is 7.31. The molecule has 1 amide bonds. The highest BCUT2D eigenvalue weighted by atomic mass is 16.5. The Morgan fingerprint density at radius 1 is 1.22 bits per heavy atom. The van der Waals surface area contributed by atoms with Crippen molar-refractivity contribution in [3.05, 3.63) is 34.2 Å². The van der Waals surface area contributed by atoms with Gasteiger partial charge in [-0.3, -0.25) is 19.3 Å². The van der Waals surface area contributed by atoms with Crippen molar-refractivity contribution in [2.75, 3.05) is 39.4 Å². The first-order valence-corrected chi connectivity index (χ1v) is 9.45. The molecule has 8 heteroatoms. The highest BCUT2D eigenvalue weighted by Gasteiger charge is 2.35. The number of amides is 1. The van der Waals surface area contributed by atoms with Crippen molar-refractivity contribution in [3.63, 3.8) is 0 Å². The van der Waals surface area contributed by atoms with Crippen molar-refractivity contribution >= 4 is 11.9 Å². The zero-order valence-corrected chi connectivity index (χ0v) is 15.7. The summed E-state index contributed by atoms with van der Waals surface area (Å²) in [6.45, 7) is 4.27. The summed E-state index contributed by atoms with van der Waals surface area (Å²) >= 11 is 0. The number of aliphatic carboxylic acids is 1. The van der Waals surface area contributed by atoms with Crippen LogP contribution in [0.3, 0.4) is 0 Å². The van der Waals surface area contributed by atoms with Gasteiger partial charge in [0.15, 0.2) is 0 Å². The van der Waals surface area contributed by atoms with Crippen molar-refractivity contribution in [2.45, 2.75) is 25.3 Å². The Kier molecular flexibility index (Phi) is 6.28. The van der Waals surface area contributed by atoms with Gasteiger partial charge in [0.25, 0.3) is 5.91 Å². The van der Waals surface area contributed by atoms with Crippen LogP contribution in [0.4, 0.5) is 0 Å². The second-order valence-corrected chi connectivity index (χ2v) is 7.31. The first-order valence-electron chi connectivity index (χ1n) is 9.45. The summed E-state index contributed by atoms with van der Waals surface area (Å²) in [7, 11) is 1.62. The smallest absolute Gasteiger partial charge is 0.303 e. The first-order chi connectivity index (χ1) is 13.0. The maximum Gasteiger partial charge on any atom is 0.303 e. The Balaban J connectivity index is 1.72. The summed E-state index contributed by atoms with van der Waals surface area (Å²) in [4.78, 5) is 39.7. The van der Waals surface area contributed by atoms with Crippen molar-refractivity contribution in [2.24, 2.45) is 13.0 Å². The normalized spacial score (nSPS) is 24.0. The number of nitrogens with zero attached hydrogens (tertiary/aromatic N) is 3. The lowest BCUT2D eigenvalue weighted by molar-refractivity contribution is -0.137. The van der Waals surface area contributed by atoms with Gasteiger partial charge >= 0.3 is 5.97 Å². The average Bonchev–Trinajstić information content (AvgIpc) is 2.68. The van der Waals surface area contributed by atoms with E-state index in [0.717, 1.165) is 19.5 Å². The summed E-state index contributed by atoms with van der Waals surface area (Å²) in [5.74, 6) is -0.798. The molecule has 2 saturated heterocycles. The molecule has 3 rings (SSSR count). The summed E-state index contributed by atoms with van der Waals surface area (Å²) < 4.78 is 6.83. The fourth-order valence-corrected chi connectivity index (χ4v) is 4.09. The Labute approximate surface area is 158 Å². The summed E-state index contributed by atoms with van der Waals surface area (Å²) in [6, 6.07) is 3.23. The molecule has 1 N–H and O–H groups in total. The molecule has 0 aromatic carbocycles. The van der Waals surface area contributed by atoms with Crippen molar-refractivity contribution in [1.82, 2.24) is 14.4 Å². The monoisotopic (exact) mass is 377 g/mol. The van der Waals surface area contributed by atoms with Crippen LogP contribution in [0.1, 0.15) is 29.6 Å². The molecule has 148 valence electrons. The third-order valence-corrected chi connectivity index (χ3v) is 5.56. The van der Waals surface area contributed by atoms with Gasteiger partial charge in [-0.1, -0.05) is 0 Å². The van der Waals surface area contributed by atoms with Gasteiger partial charge in [-0.2, -0.15) is 0 Å². The minimum absolute atomic E-state index is 0.105. The van der Waals surface area contributed by atoms with Gasteiger partial charge in [0.2, 0.25) is 5.56 Å². The van der Waals surface area contributed by atoms with Gasteiger partial charge < -0.3 is 19.3 Å².